The molecule has 30 heavy (non-hydrogen) atoms. The maximum Gasteiger partial charge on any atom is 0.234 e. The molecule has 0 aliphatic heterocycles. The maximum absolute atomic E-state index is 13.0. The van der Waals surface area contributed by atoms with Gasteiger partial charge in [-0.1, -0.05) is 18.2 Å². The van der Waals surface area contributed by atoms with Gasteiger partial charge in [0.2, 0.25) is 5.91 Å². The first kappa shape index (κ1) is 20.2. The number of aryl methyl sites for hydroxylation is 1. The van der Waals surface area contributed by atoms with Gasteiger partial charge in [-0.15, -0.1) is 0 Å². The number of aromatic amines is 1. The second kappa shape index (κ2) is 9.14. The number of aromatic nitrogens is 2. The molecule has 0 unspecified atom stereocenters. The van der Waals surface area contributed by atoms with Crippen LogP contribution in [0.5, 0.6) is 0 Å². The lowest BCUT2D eigenvalue weighted by Crippen LogP contribution is -2.14. The molecule has 0 bridgehead atoms. The van der Waals surface area contributed by atoms with E-state index in [0.717, 1.165) is 54.6 Å². The maximum atomic E-state index is 13.0. The number of H-pyrrole nitrogens is 1. The van der Waals surface area contributed by atoms with Crippen molar-refractivity contribution in [2.24, 2.45) is 0 Å². The predicted molar refractivity (Wildman–Crippen MR) is 116 cm³/mol. The van der Waals surface area contributed by atoms with E-state index in [-0.39, 0.29) is 17.5 Å². The second-order valence-corrected chi connectivity index (χ2v) is 8.16. The van der Waals surface area contributed by atoms with E-state index < -0.39 is 0 Å². The third-order valence-corrected chi connectivity index (χ3v) is 6.11. The van der Waals surface area contributed by atoms with Crippen LogP contribution in [0.3, 0.4) is 0 Å². The zero-order valence-electron chi connectivity index (χ0n) is 16.4. The Morgan fingerprint density at radius 1 is 1.20 bits per heavy atom. The standard InChI is InChI=1S/C23H21FN4OS/c24-15-8-10-16(11-9-15)27-21(29)14-30-23-18(13-25)22(20-7-4-12-26-20)17-5-2-1-3-6-19(17)28-23/h4,7-12,26H,1-3,5-6,14H2,(H,27,29). The van der Waals surface area contributed by atoms with Crippen molar-refractivity contribution in [1.82, 2.24) is 9.97 Å². The Morgan fingerprint density at radius 3 is 2.73 bits per heavy atom. The lowest BCUT2D eigenvalue weighted by molar-refractivity contribution is -0.113. The minimum atomic E-state index is -0.355. The van der Waals surface area contributed by atoms with Crippen LogP contribution in [0.1, 0.15) is 36.1 Å². The molecular weight excluding hydrogens is 399 g/mol. The van der Waals surface area contributed by atoms with Crippen LogP contribution in [0.4, 0.5) is 10.1 Å². The molecular formula is C23H21FN4OS. The van der Waals surface area contributed by atoms with Gasteiger partial charge in [-0.25, -0.2) is 9.37 Å². The fourth-order valence-corrected chi connectivity index (χ4v) is 4.56. The Bertz CT molecular complexity index is 1090. The van der Waals surface area contributed by atoms with Gasteiger partial charge in [-0.05, 0) is 67.6 Å². The highest BCUT2D eigenvalue weighted by molar-refractivity contribution is 8.00. The lowest BCUT2D eigenvalue weighted by atomic mass is 9.96. The number of anilines is 1. The minimum Gasteiger partial charge on any atom is -0.361 e. The van der Waals surface area contributed by atoms with Crippen LogP contribution >= 0.6 is 11.8 Å². The number of rotatable bonds is 5. The number of carbonyl (C=O) groups excluding carboxylic acids is 1. The van der Waals surface area contributed by atoms with Gasteiger partial charge in [0.1, 0.15) is 16.9 Å². The largest absolute Gasteiger partial charge is 0.361 e. The van der Waals surface area contributed by atoms with E-state index in [1.54, 1.807) is 0 Å². The number of fused-ring (bicyclic) bond motifs is 1. The highest BCUT2D eigenvalue weighted by atomic mass is 32.2. The summed E-state index contributed by atoms with van der Waals surface area (Å²) in [4.78, 5) is 20.4. The molecule has 1 amide bonds. The van der Waals surface area contributed by atoms with Crippen LogP contribution in [0.2, 0.25) is 0 Å². The minimum absolute atomic E-state index is 0.113. The number of hydrogen-bond donors (Lipinski definition) is 2. The van der Waals surface area contributed by atoms with Gasteiger partial charge >= 0.3 is 0 Å². The summed E-state index contributed by atoms with van der Waals surface area (Å²) in [6, 6.07) is 11.8. The molecule has 2 aromatic heterocycles. The molecule has 0 radical (unpaired) electrons. The highest BCUT2D eigenvalue weighted by Gasteiger charge is 2.23. The van der Waals surface area contributed by atoms with Crippen molar-refractivity contribution in [3.05, 3.63) is 65.2 Å². The third kappa shape index (κ3) is 4.39. The molecule has 4 rings (SSSR count). The highest BCUT2D eigenvalue weighted by Crippen LogP contribution is 2.36. The van der Waals surface area contributed by atoms with E-state index in [9.17, 15) is 14.4 Å². The zero-order chi connectivity index (χ0) is 20.9. The number of halogens is 1. The summed E-state index contributed by atoms with van der Waals surface area (Å²) in [5, 5.41) is 13.3. The topological polar surface area (TPSA) is 81.6 Å². The van der Waals surface area contributed by atoms with E-state index in [2.05, 4.69) is 16.4 Å². The smallest absolute Gasteiger partial charge is 0.234 e. The van der Waals surface area contributed by atoms with Gasteiger partial charge in [0.25, 0.3) is 0 Å². The number of nitriles is 1. The van der Waals surface area contributed by atoms with Gasteiger partial charge < -0.3 is 10.3 Å². The van der Waals surface area contributed by atoms with Crippen molar-refractivity contribution >= 4 is 23.4 Å². The average Bonchev–Trinajstić information content (AvgIpc) is 3.18. The van der Waals surface area contributed by atoms with Crippen molar-refractivity contribution in [3.8, 4) is 17.3 Å². The molecule has 5 nitrogen and oxygen atoms in total. The average molecular weight is 421 g/mol. The van der Waals surface area contributed by atoms with Crippen molar-refractivity contribution in [3.63, 3.8) is 0 Å². The van der Waals surface area contributed by atoms with Crippen LogP contribution in [0.25, 0.3) is 11.3 Å². The van der Waals surface area contributed by atoms with Crippen LogP contribution in [-0.4, -0.2) is 21.6 Å². The van der Waals surface area contributed by atoms with Crippen LogP contribution in [0.15, 0.2) is 47.6 Å². The molecule has 3 aromatic rings. The van der Waals surface area contributed by atoms with Crippen LogP contribution in [-0.2, 0) is 17.6 Å². The van der Waals surface area contributed by atoms with Crippen LogP contribution in [0, 0.1) is 17.1 Å². The van der Waals surface area contributed by atoms with E-state index >= 15 is 0 Å². The zero-order valence-corrected chi connectivity index (χ0v) is 17.2. The summed E-state index contributed by atoms with van der Waals surface area (Å²) in [5.74, 6) is -0.470. The Morgan fingerprint density at radius 2 is 2.00 bits per heavy atom. The first-order valence-electron chi connectivity index (χ1n) is 9.93. The molecule has 2 N–H and O–H groups in total. The monoisotopic (exact) mass is 420 g/mol. The van der Waals surface area contributed by atoms with Gasteiger partial charge in [0, 0.05) is 28.8 Å². The number of thioether (sulfide) groups is 1. The van der Waals surface area contributed by atoms with Crippen molar-refractivity contribution in [1.29, 1.82) is 5.26 Å². The Kier molecular flexibility index (Phi) is 6.15. The normalized spacial score (nSPS) is 13.2. The summed E-state index contributed by atoms with van der Waals surface area (Å²) >= 11 is 1.26. The lowest BCUT2D eigenvalue weighted by Gasteiger charge is -2.16. The summed E-state index contributed by atoms with van der Waals surface area (Å²) in [6.45, 7) is 0. The van der Waals surface area contributed by atoms with Gasteiger partial charge in [-0.2, -0.15) is 5.26 Å². The quantitative estimate of drug-likeness (QED) is 0.445. The number of amides is 1. The Labute approximate surface area is 178 Å². The second-order valence-electron chi connectivity index (χ2n) is 7.19. The number of benzene rings is 1. The molecule has 152 valence electrons. The van der Waals surface area contributed by atoms with Crippen LogP contribution < -0.4 is 5.32 Å². The summed E-state index contributed by atoms with van der Waals surface area (Å²) in [6.07, 6.45) is 6.93. The molecule has 2 heterocycles. The number of nitrogens with zero attached hydrogens (tertiary/aromatic N) is 2. The number of pyridine rings is 1. The third-order valence-electron chi connectivity index (χ3n) is 5.14. The molecule has 1 aromatic carbocycles. The molecule has 0 spiro atoms. The fourth-order valence-electron chi connectivity index (χ4n) is 3.75. The summed E-state index contributed by atoms with van der Waals surface area (Å²) < 4.78 is 13.0. The van der Waals surface area contributed by atoms with Gasteiger partial charge in [0.15, 0.2) is 0 Å². The van der Waals surface area contributed by atoms with Crippen molar-refractivity contribution in [2.75, 3.05) is 11.1 Å². The molecule has 0 atom stereocenters. The van der Waals surface area contributed by atoms with E-state index in [4.69, 9.17) is 4.98 Å². The summed E-state index contributed by atoms with van der Waals surface area (Å²) in [5.41, 5.74) is 5.03. The van der Waals surface area contributed by atoms with Gasteiger partial charge in [0.05, 0.1) is 11.3 Å². The molecule has 0 fully saturated rings. The number of nitrogens with one attached hydrogen (secondary N) is 2. The number of carbonyl (C=O) groups is 1. The molecule has 1 aliphatic carbocycles. The molecule has 1 aliphatic rings. The Hall–Kier alpha value is -3.11. The first-order valence-corrected chi connectivity index (χ1v) is 10.9. The summed E-state index contributed by atoms with van der Waals surface area (Å²) in [7, 11) is 0. The van der Waals surface area contributed by atoms with Crippen molar-refractivity contribution in [2.45, 2.75) is 37.1 Å². The SMILES string of the molecule is N#Cc1c(SCC(=O)Nc2ccc(F)cc2)nc2c(c1-c1ccc[nH]1)CCCCC2. The Balaban J connectivity index is 1.62. The van der Waals surface area contributed by atoms with Crippen molar-refractivity contribution < 1.29 is 9.18 Å². The first-order chi connectivity index (χ1) is 14.7. The molecule has 0 saturated heterocycles. The number of hydrogen-bond acceptors (Lipinski definition) is 4. The molecule has 0 saturated carbocycles. The van der Waals surface area contributed by atoms with Gasteiger partial charge in [-0.3, -0.25) is 4.79 Å². The molecule has 7 heteroatoms. The van der Waals surface area contributed by atoms with E-state index in [1.165, 1.54) is 36.0 Å². The fraction of sp³-hybridized carbons (Fsp3) is 0.261. The van der Waals surface area contributed by atoms with E-state index in [0.29, 0.717) is 16.3 Å². The predicted octanol–water partition coefficient (Wildman–Crippen LogP) is 5.09. The van der Waals surface area contributed by atoms with E-state index in [1.807, 2.05) is 18.3 Å².